The van der Waals surface area contributed by atoms with E-state index in [0.29, 0.717) is 60.3 Å². The van der Waals surface area contributed by atoms with Crippen LogP contribution in [0.15, 0.2) is 51.9 Å². The predicted octanol–water partition coefficient (Wildman–Crippen LogP) is 3.18. The second-order valence-electron chi connectivity index (χ2n) is 7.89. The number of hydrogen-bond donors (Lipinski definition) is 0. The maximum absolute atomic E-state index is 12.9. The minimum absolute atomic E-state index is 0.0518. The highest BCUT2D eigenvalue weighted by atomic mass is 32.2. The highest BCUT2D eigenvalue weighted by Crippen LogP contribution is 2.31. The third-order valence-electron chi connectivity index (χ3n) is 5.74. The Kier molecular flexibility index (Phi) is 6.37. The summed E-state index contributed by atoms with van der Waals surface area (Å²) in [6.07, 6.45) is 2.57. The van der Waals surface area contributed by atoms with Crippen molar-refractivity contribution >= 4 is 15.7 Å². The van der Waals surface area contributed by atoms with Gasteiger partial charge in [-0.25, -0.2) is 8.42 Å². The maximum Gasteiger partial charge on any atom is 0.253 e. The van der Waals surface area contributed by atoms with Crippen molar-refractivity contribution in [2.24, 2.45) is 0 Å². The molecule has 2 aromatic carbocycles. The third kappa shape index (κ3) is 4.85. The Hall–Kier alpha value is -3.40. The lowest BCUT2D eigenvalue weighted by Gasteiger charge is -2.30. The molecule has 33 heavy (non-hydrogen) atoms. The van der Waals surface area contributed by atoms with Crippen molar-refractivity contribution in [1.82, 2.24) is 15.0 Å². The van der Waals surface area contributed by atoms with Gasteiger partial charge in [0.1, 0.15) is 0 Å². The molecule has 1 aliphatic rings. The number of carbonyl (C=O) groups excluding carboxylic acids is 1. The molecule has 0 aliphatic carbocycles. The van der Waals surface area contributed by atoms with Crippen molar-refractivity contribution < 1.29 is 27.2 Å². The zero-order valence-electron chi connectivity index (χ0n) is 18.6. The molecule has 1 aromatic heterocycles. The normalized spacial score (nSPS) is 14.8. The number of hydrogen-bond acceptors (Lipinski definition) is 8. The summed E-state index contributed by atoms with van der Waals surface area (Å²) in [6, 6.07) is 11.5. The number of methoxy groups -OCH3 is 2. The van der Waals surface area contributed by atoms with Crippen molar-refractivity contribution in [3.8, 4) is 22.9 Å². The smallest absolute Gasteiger partial charge is 0.253 e. The average Bonchev–Trinajstić information content (AvgIpc) is 3.33. The van der Waals surface area contributed by atoms with Gasteiger partial charge in [-0.2, -0.15) is 4.98 Å². The molecule has 1 saturated heterocycles. The highest BCUT2D eigenvalue weighted by Gasteiger charge is 2.28. The predicted molar refractivity (Wildman–Crippen MR) is 120 cm³/mol. The Bertz CT molecular complexity index is 1250. The number of nitrogens with zero attached hydrogens (tertiary/aromatic N) is 3. The van der Waals surface area contributed by atoms with Crippen molar-refractivity contribution in [1.29, 1.82) is 0 Å². The van der Waals surface area contributed by atoms with E-state index in [1.54, 1.807) is 42.3 Å². The van der Waals surface area contributed by atoms with E-state index in [1.165, 1.54) is 19.2 Å². The number of rotatable bonds is 6. The SMILES string of the molecule is COc1ccc(C(=O)N2CCC(c3nc(-c4ccc(S(C)(=O)=O)cc4)no3)CC2)cc1OC. The molecule has 1 aliphatic heterocycles. The second-order valence-corrected chi connectivity index (χ2v) is 9.90. The maximum atomic E-state index is 12.9. The van der Waals surface area contributed by atoms with Crippen LogP contribution in [0.25, 0.3) is 11.4 Å². The number of ether oxygens (including phenoxy) is 2. The van der Waals surface area contributed by atoms with Gasteiger partial charge in [0.05, 0.1) is 19.1 Å². The fraction of sp³-hybridized carbons (Fsp3) is 0.348. The first-order valence-corrected chi connectivity index (χ1v) is 12.3. The molecule has 0 N–H and O–H groups in total. The van der Waals surface area contributed by atoms with Crippen LogP contribution < -0.4 is 9.47 Å². The van der Waals surface area contributed by atoms with Gasteiger partial charge in [0, 0.05) is 36.4 Å². The van der Waals surface area contributed by atoms with Crippen molar-refractivity contribution in [3.63, 3.8) is 0 Å². The van der Waals surface area contributed by atoms with E-state index in [0.717, 1.165) is 6.26 Å². The van der Waals surface area contributed by atoms with Crippen LogP contribution >= 0.6 is 0 Å². The van der Waals surface area contributed by atoms with E-state index in [1.807, 2.05) is 0 Å². The van der Waals surface area contributed by atoms with Crippen molar-refractivity contribution in [2.45, 2.75) is 23.7 Å². The van der Waals surface area contributed by atoms with E-state index >= 15 is 0 Å². The van der Waals surface area contributed by atoms with Gasteiger partial charge < -0.3 is 18.9 Å². The van der Waals surface area contributed by atoms with E-state index < -0.39 is 9.84 Å². The van der Waals surface area contributed by atoms with E-state index in [4.69, 9.17) is 14.0 Å². The fourth-order valence-corrected chi connectivity index (χ4v) is 4.48. The standard InChI is InChI=1S/C23H25N3O6S/c1-30-19-9-6-17(14-20(19)31-2)23(27)26-12-10-16(11-13-26)22-24-21(25-32-22)15-4-7-18(8-5-15)33(3,28)29/h4-9,14,16H,10-13H2,1-3H3. The third-order valence-corrected chi connectivity index (χ3v) is 6.87. The summed E-state index contributed by atoms with van der Waals surface area (Å²) >= 11 is 0. The average molecular weight is 472 g/mol. The minimum Gasteiger partial charge on any atom is -0.493 e. The number of piperidine rings is 1. The summed E-state index contributed by atoms with van der Waals surface area (Å²) in [5.74, 6) is 2.01. The molecule has 0 spiro atoms. The summed E-state index contributed by atoms with van der Waals surface area (Å²) in [5, 5.41) is 4.05. The van der Waals surface area contributed by atoms with E-state index in [9.17, 15) is 13.2 Å². The van der Waals surface area contributed by atoms with E-state index in [2.05, 4.69) is 10.1 Å². The van der Waals surface area contributed by atoms with Gasteiger partial charge >= 0.3 is 0 Å². The van der Waals surface area contributed by atoms with Crippen LogP contribution in [-0.4, -0.2) is 62.9 Å². The van der Waals surface area contributed by atoms with Crippen LogP contribution in [0.4, 0.5) is 0 Å². The molecule has 2 heterocycles. The first-order valence-electron chi connectivity index (χ1n) is 10.5. The van der Waals surface area contributed by atoms with Crippen LogP contribution in [-0.2, 0) is 9.84 Å². The molecule has 174 valence electrons. The zero-order valence-corrected chi connectivity index (χ0v) is 19.5. The molecule has 0 saturated carbocycles. The number of sulfone groups is 1. The summed E-state index contributed by atoms with van der Waals surface area (Å²) in [4.78, 5) is 19.5. The highest BCUT2D eigenvalue weighted by molar-refractivity contribution is 7.90. The Morgan fingerprint density at radius 3 is 2.30 bits per heavy atom. The Morgan fingerprint density at radius 1 is 1.03 bits per heavy atom. The van der Waals surface area contributed by atoms with Gasteiger partial charge in [-0.1, -0.05) is 5.16 Å². The molecule has 0 atom stereocenters. The lowest BCUT2D eigenvalue weighted by atomic mass is 9.96. The van der Waals surface area contributed by atoms with Crippen LogP contribution in [0.1, 0.15) is 35.0 Å². The van der Waals surface area contributed by atoms with Crippen LogP contribution in [0.2, 0.25) is 0 Å². The van der Waals surface area contributed by atoms with Crippen molar-refractivity contribution in [3.05, 3.63) is 53.9 Å². The van der Waals surface area contributed by atoms with Crippen LogP contribution in [0.5, 0.6) is 11.5 Å². The van der Waals surface area contributed by atoms with Crippen LogP contribution in [0.3, 0.4) is 0 Å². The van der Waals surface area contributed by atoms with Gasteiger partial charge in [-0.15, -0.1) is 0 Å². The van der Waals surface area contributed by atoms with Gasteiger partial charge in [0.15, 0.2) is 21.3 Å². The van der Waals surface area contributed by atoms with Gasteiger partial charge in [-0.05, 0) is 55.3 Å². The van der Waals surface area contributed by atoms with Crippen LogP contribution in [0, 0.1) is 0 Å². The molecule has 3 aromatic rings. The Labute approximate surface area is 192 Å². The molecule has 4 rings (SSSR count). The number of amides is 1. The molecular weight excluding hydrogens is 446 g/mol. The largest absolute Gasteiger partial charge is 0.493 e. The summed E-state index contributed by atoms with van der Waals surface area (Å²) in [5.41, 5.74) is 1.22. The molecule has 9 nitrogen and oxygen atoms in total. The fourth-order valence-electron chi connectivity index (χ4n) is 3.85. The lowest BCUT2D eigenvalue weighted by Crippen LogP contribution is -2.38. The molecule has 1 fully saturated rings. The Balaban J connectivity index is 1.40. The summed E-state index contributed by atoms with van der Waals surface area (Å²) < 4.78 is 39.3. The molecule has 0 unspecified atom stereocenters. The molecule has 1 amide bonds. The summed E-state index contributed by atoms with van der Waals surface area (Å²) in [7, 11) is -0.172. The van der Waals surface area contributed by atoms with E-state index in [-0.39, 0.29) is 16.7 Å². The number of benzene rings is 2. The molecule has 10 heteroatoms. The number of likely N-dealkylation sites (tertiary alicyclic amines) is 1. The number of carbonyl (C=O) groups is 1. The lowest BCUT2D eigenvalue weighted by molar-refractivity contribution is 0.0704. The minimum atomic E-state index is -3.26. The molecule has 0 radical (unpaired) electrons. The first kappa shape index (κ1) is 22.8. The van der Waals surface area contributed by atoms with Gasteiger partial charge in [0.2, 0.25) is 11.7 Å². The zero-order chi connectivity index (χ0) is 23.6. The summed E-state index contributed by atoms with van der Waals surface area (Å²) in [6.45, 7) is 1.14. The van der Waals surface area contributed by atoms with Gasteiger partial charge in [0.25, 0.3) is 5.91 Å². The Morgan fingerprint density at radius 2 is 1.70 bits per heavy atom. The molecule has 0 bridgehead atoms. The topological polar surface area (TPSA) is 112 Å². The second kappa shape index (κ2) is 9.22. The quantitative estimate of drug-likeness (QED) is 0.539. The number of aromatic nitrogens is 2. The molecular formula is C23H25N3O6S. The monoisotopic (exact) mass is 471 g/mol. The van der Waals surface area contributed by atoms with Crippen molar-refractivity contribution in [2.75, 3.05) is 33.6 Å². The van der Waals surface area contributed by atoms with Gasteiger partial charge in [-0.3, -0.25) is 4.79 Å². The first-order chi connectivity index (χ1) is 15.8.